The summed E-state index contributed by atoms with van der Waals surface area (Å²) in [7, 11) is 0. The van der Waals surface area contributed by atoms with E-state index in [-0.39, 0.29) is 12.1 Å². The highest BCUT2D eigenvalue weighted by molar-refractivity contribution is 5.18. The van der Waals surface area contributed by atoms with Crippen LogP contribution >= 0.6 is 0 Å². The van der Waals surface area contributed by atoms with Crippen molar-refractivity contribution in [2.24, 2.45) is 0 Å². The summed E-state index contributed by atoms with van der Waals surface area (Å²) in [6.07, 6.45) is 0.978. The number of nitrogens with one attached hydrogen (secondary N) is 1. The molecule has 18 heavy (non-hydrogen) atoms. The second-order valence-electron chi connectivity index (χ2n) is 4.56. The normalized spacial score (nSPS) is 23.4. The lowest BCUT2D eigenvalue weighted by Gasteiger charge is -2.01. The molecule has 1 unspecified atom stereocenters. The first-order valence-electron chi connectivity index (χ1n) is 6.09. The molecule has 0 radical (unpaired) electrons. The number of nitrogens with zero attached hydrogens (tertiary/aromatic N) is 2. The fourth-order valence-corrected chi connectivity index (χ4v) is 2.16. The van der Waals surface area contributed by atoms with Crippen LogP contribution in [0.3, 0.4) is 0 Å². The molecule has 5 nitrogen and oxygen atoms in total. The van der Waals surface area contributed by atoms with Crippen LogP contribution in [-0.4, -0.2) is 27.9 Å². The van der Waals surface area contributed by atoms with Crippen molar-refractivity contribution in [2.75, 3.05) is 6.54 Å². The van der Waals surface area contributed by atoms with E-state index in [4.69, 9.17) is 4.52 Å². The van der Waals surface area contributed by atoms with E-state index in [1.165, 1.54) is 0 Å². The molecule has 0 bridgehead atoms. The van der Waals surface area contributed by atoms with E-state index in [1.807, 2.05) is 30.3 Å². The van der Waals surface area contributed by atoms with Crippen molar-refractivity contribution in [3.05, 3.63) is 47.6 Å². The fraction of sp³-hybridized carbons (Fsp3) is 0.385. The Morgan fingerprint density at radius 1 is 1.33 bits per heavy atom. The van der Waals surface area contributed by atoms with Gasteiger partial charge in [-0.25, -0.2) is 0 Å². The molecule has 1 saturated heterocycles. The molecule has 1 aliphatic rings. The van der Waals surface area contributed by atoms with Crippen LogP contribution in [0.25, 0.3) is 0 Å². The third-order valence-corrected chi connectivity index (χ3v) is 3.09. The number of aliphatic hydroxyl groups is 1. The smallest absolute Gasteiger partial charge is 0.243 e. The van der Waals surface area contributed by atoms with Gasteiger partial charge in [0.25, 0.3) is 0 Å². The first kappa shape index (κ1) is 11.4. The summed E-state index contributed by atoms with van der Waals surface area (Å²) in [4.78, 5) is 4.37. The van der Waals surface area contributed by atoms with Gasteiger partial charge >= 0.3 is 0 Å². The van der Waals surface area contributed by atoms with Crippen LogP contribution in [0.4, 0.5) is 0 Å². The summed E-state index contributed by atoms with van der Waals surface area (Å²) in [5, 5.41) is 16.6. The van der Waals surface area contributed by atoms with Crippen LogP contribution in [-0.2, 0) is 6.42 Å². The predicted molar refractivity (Wildman–Crippen MR) is 64.9 cm³/mol. The first-order chi connectivity index (χ1) is 8.81. The zero-order chi connectivity index (χ0) is 12.4. The maximum atomic E-state index is 9.45. The molecule has 3 rings (SSSR count). The number of aromatic nitrogens is 2. The molecule has 2 N–H and O–H groups in total. The summed E-state index contributed by atoms with van der Waals surface area (Å²) < 4.78 is 5.23. The second-order valence-corrected chi connectivity index (χ2v) is 4.56. The molecule has 0 amide bonds. The fourth-order valence-electron chi connectivity index (χ4n) is 2.16. The minimum atomic E-state index is -0.320. The number of hydrogen-bond acceptors (Lipinski definition) is 5. The van der Waals surface area contributed by atoms with Gasteiger partial charge in [-0.3, -0.25) is 0 Å². The number of hydrogen-bond donors (Lipinski definition) is 2. The van der Waals surface area contributed by atoms with Crippen molar-refractivity contribution in [3.8, 4) is 0 Å². The van der Waals surface area contributed by atoms with Gasteiger partial charge in [0, 0.05) is 13.0 Å². The van der Waals surface area contributed by atoms with Crippen molar-refractivity contribution in [2.45, 2.75) is 25.0 Å². The Labute approximate surface area is 105 Å². The lowest BCUT2D eigenvalue weighted by Crippen LogP contribution is -2.15. The number of rotatable bonds is 3. The summed E-state index contributed by atoms with van der Waals surface area (Å²) in [6.45, 7) is 0.584. The van der Waals surface area contributed by atoms with E-state index in [0.29, 0.717) is 31.1 Å². The highest BCUT2D eigenvalue weighted by Gasteiger charge is 2.27. The maximum absolute atomic E-state index is 9.45. The Morgan fingerprint density at radius 2 is 2.17 bits per heavy atom. The Balaban J connectivity index is 1.70. The van der Waals surface area contributed by atoms with Crippen LogP contribution < -0.4 is 5.32 Å². The van der Waals surface area contributed by atoms with Gasteiger partial charge in [0.2, 0.25) is 5.89 Å². The van der Waals surface area contributed by atoms with Gasteiger partial charge in [0.05, 0.1) is 12.1 Å². The zero-order valence-corrected chi connectivity index (χ0v) is 9.91. The summed E-state index contributed by atoms with van der Waals surface area (Å²) in [6, 6.07) is 10.0. The molecular weight excluding hydrogens is 230 g/mol. The molecule has 5 heteroatoms. The van der Waals surface area contributed by atoms with Gasteiger partial charge in [0.15, 0.2) is 5.82 Å². The van der Waals surface area contributed by atoms with Crippen LogP contribution in [0, 0.1) is 0 Å². The summed E-state index contributed by atoms with van der Waals surface area (Å²) >= 11 is 0. The number of β-amino-alcohol motifs (C(OH)–C–C–N with tert-alkyl or cyclic N) is 1. The van der Waals surface area contributed by atoms with Crippen LogP contribution in [0.5, 0.6) is 0 Å². The van der Waals surface area contributed by atoms with Gasteiger partial charge in [0.1, 0.15) is 0 Å². The van der Waals surface area contributed by atoms with Gasteiger partial charge in [-0.05, 0) is 12.0 Å². The molecule has 1 aromatic carbocycles. The van der Waals surface area contributed by atoms with E-state index in [2.05, 4.69) is 15.5 Å². The minimum absolute atomic E-state index is 0.0166. The number of aliphatic hydroxyl groups excluding tert-OH is 1. The van der Waals surface area contributed by atoms with Crippen molar-refractivity contribution < 1.29 is 9.63 Å². The van der Waals surface area contributed by atoms with Crippen molar-refractivity contribution in [3.63, 3.8) is 0 Å². The zero-order valence-electron chi connectivity index (χ0n) is 9.91. The maximum Gasteiger partial charge on any atom is 0.243 e. The van der Waals surface area contributed by atoms with Crippen molar-refractivity contribution >= 4 is 0 Å². The molecule has 2 heterocycles. The molecular formula is C13H15N3O2. The number of benzene rings is 1. The molecule has 1 aliphatic heterocycles. The minimum Gasteiger partial charge on any atom is -0.392 e. The molecule has 0 saturated carbocycles. The van der Waals surface area contributed by atoms with Gasteiger partial charge in [-0.15, -0.1) is 0 Å². The third kappa shape index (κ3) is 2.42. The first-order valence-corrected chi connectivity index (χ1v) is 6.09. The topological polar surface area (TPSA) is 71.2 Å². The molecule has 1 fully saturated rings. The van der Waals surface area contributed by atoms with E-state index in [0.717, 1.165) is 5.56 Å². The van der Waals surface area contributed by atoms with E-state index in [9.17, 15) is 5.11 Å². The van der Waals surface area contributed by atoms with E-state index < -0.39 is 0 Å². The van der Waals surface area contributed by atoms with E-state index >= 15 is 0 Å². The molecule has 2 atom stereocenters. The Hall–Kier alpha value is -1.72. The van der Waals surface area contributed by atoms with Gasteiger partial charge in [-0.1, -0.05) is 35.5 Å². The lowest BCUT2D eigenvalue weighted by molar-refractivity contribution is 0.191. The monoisotopic (exact) mass is 245 g/mol. The average molecular weight is 245 g/mol. The second kappa shape index (κ2) is 4.88. The Morgan fingerprint density at radius 3 is 2.89 bits per heavy atom. The van der Waals surface area contributed by atoms with Crippen LogP contribution in [0.1, 0.15) is 29.7 Å². The van der Waals surface area contributed by atoms with Crippen LogP contribution in [0.15, 0.2) is 34.9 Å². The SMILES string of the molecule is OC1CN[C@H](c2nc(Cc3ccccc3)no2)C1. The highest BCUT2D eigenvalue weighted by atomic mass is 16.5. The van der Waals surface area contributed by atoms with Gasteiger partial charge < -0.3 is 14.9 Å². The van der Waals surface area contributed by atoms with E-state index in [1.54, 1.807) is 0 Å². The standard InChI is InChI=1S/C13H15N3O2/c17-10-7-11(14-8-10)13-15-12(16-18-13)6-9-4-2-1-3-5-9/h1-5,10-11,14,17H,6-8H2/t10?,11-/m0/s1. The molecule has 0 spiro atoms. The van der Waals surface area contributed by atoms with Crippen molar-refractivity contribution in [1.29, 1.82) is 0 Å². The van der Waals surface area contributed by atoms with Crippen molar-refractivity contribution in [1.82, 2.24) is 15.5 Å². The molecule has 2 aromatic rings. The predicted octanol–water partition coefficient (Wildman–Crippen LogP) is 1.06. The largest absolute Gasteiger partial charge is 0.392 e. The van der Waals surface area contributed by atoms with Crippen LogP contribution in [0.2, 0.25) is 0 Å². The summed E-state index contributed by atoms with van der Waals surface area (Å²) in [5.41, 5.74) is 1.16. The molecule has 1 aromatic heterocycles. The Bertz CT molecular complexity index is 512. The molecule has 0 aliphatic carbocycles. The Kier molecular flexibility index (Phi) is 3.08. The summed E-state index contributed by atoms with van der Waals surface area (Å²) in [5.74, 6) is 1.25. The van der Waals surface area contributed by atoms with Gasteiger partial charge in [-0.2, -0.15) is 4.98 Å². The lowest BCUT2D eigenvalue weighted by atomic mass is 10.1. The third-order valence-electron chi connectivity index (χ3n) is 3.09. The highest BCUT2D eigenvalue weighted by Crippen LogP contribution is 2.22. The molecule has 94 valence electrons. The average Bonchev–Trinajstić information content (AvgIpc) is 2.99. The quantitative estimate of drug-likeness (QED) is 0.846.